The highest BCUT2D eigenvalue weighted by Gasteiger charge is 2.19. The van der Waals surface area contributed by atoms with E-state index in [0.29, 0.717) is 12.5 Å². The maximum atomic E-state index is 8.88. The van der Waals surface area contributed by atoms with Crippen LogP contribution in [-0.2, 0) is 4.74 Å². The molecule has 0 radical (unpaired) electrons. The Balaban J connectivity index is 0.000000262. The second-order valence-corrected chi connectivity index (χ2v) is 4.97. The molecule has 1 N–H and O–H groups in total. The lowest BCUT2D eigenvalue weighted by Crippen LogP contribution is -2.10. The molecule has 0 saturated heterocycles. The Morgan fingerprint density at radius 3 is 2.76 bits per heavy atom. The van der Waals surface area contributed by atoms with E-state index in [1.807, 2.05) is 25.2 Å². The zero-order chi connectivity index (χ0) is 15.5. The highest BCUT2D eigenvalue weighted by molar-refractivity contribution is 5.97. The number of ether oxygens (including phenoxy) is 1. The van der Waals surface area contributed by atoms with Crippen molar-refractivity contribution in [3.05, 3.63) is 60.8 Å². The Bertz CT molecular complexity index is 470. The Labute approximate surface area is 127 Å². The fourth-order valence-electron chi connectivity index (χ4n) is 1.88. The smallest absolute Gasteiger partial charge is 0.216 e. The van der Waals surface area contributed by atoms with Crippen LogP contribution in [-0.4, -0.2) is 30.3 Å². The molecule has 2 unspecified atom stereocenters. The molecular weight excluding hydrogens is 262 g/mol. The van der Waals surface area contributed by atoms with Gasteiger partial charge >= 0.3 is 0 Å². The summed E-state index contributed by atoms with van der Waals surface area (Å²) in [5.41, 5.74) is 0.887. The fourth-order valence-corrected chi connectivity index (χ4v) is 1.88. The summed E-state index contributed by atoms with van der Waals surface area (Å²) < 4.78 is 5.35. The summed E-state index contributed by atoms with van der Waals surface area (Å²) in [5.74, 6) is 1.35. The van der Waals surface area contributed by atoms with Crippen LogP contribution in [0.15, 0.2) is 65.8 Å². The number of aliphatic hydroxyl groups excluding tert-OH is 1. The van der Waals surface area contributed by atoms with Crippen LogP contribution in [0.1, 0.15) is 20.3 Å². The van der Waals surface area contributed by atoms with Crippen molar-refractivity contribution in [3.8, 4) is 0 Å². The predicted molar refractivity (Wildman–Crippen MR) is 89.4 cm³/mol. The number of aliphatic hydroxyl groups is 1. The average molecular weight is 287 g/mol. The van der Waals surface area contributed by atoms with Crippen LogP contribution in [0.4, 0.5) is 0 Å². The van der Waals surface area contributed by atoms with Crippen LogP contribution < -0.4 is 0 Å². The second-order valence-electron chi connectivity index (χ2n) is 4.97. The van der Waals surface area contributed by atoms with Crippen LogP contribution in [0.3, 0.4) is 0 Å². The standard InChI is InChI=1S/C11H15NO2.C7H10/c1-3-5-9(6-4-2)11-12-10(7-13)8-14-11;1-7-5-3-2-4-6-7/h3-6,10,13H,1,7-8H2,2H3;2-5,7H,6H2,1H3/b6-4-,9-5+;. The van der Waals surface area contributed by atoms with Crippen molar-refractivity contribution < 1.29 is 9.84 Å². The molecule has 0 spiro atoms. The zero-order valence-electron chi connectivity index (χ0n) is 12.9. The molecule has 0 bridgehead atoms. The lowest BCUT2D eigenvalue weighted by atomic mass is 10.0. The molecule has 0 fully saturated rings. The summed E-state index contributed by atoms with van der Waals surface area (Å²) in [6.45, 7) is 8.26. The van der Waals surface area contributed by atoms with Crippen molar-refractivity contribution in [1.82, 2.24) is 0 Å². The number of nitrogens with zero attached hydrogens (tertiary/aromatic N) is 1. The van der Waals surface area contributed by atoms with E-state index in [1.165, 1.54) is 6.42 Å². The van der Waals surface area contributed by atoms with Crippen molar-refractivity contribution in [1.29, 1.82) is 0 Å². The Morgan fingerprint density at radius 1 is 1.52 bits per heavy atom. The molecule has 2 aliphatic rings. The maximum absolute atomic E-state index is 8.88. The van der Waals surface area contributed by atoms with Crippen LogP contribution in [0.2, 0.25) is 0 Å². The van der Waals surface area contributed by atoms with Crippen molar-refractivity contribution >= 4 is 5.90 Å². The van der Waals surface area contributed by atoms with Gasteiger partial charge in [-0.1, -0.05) is 62.1 Å². The SMILES string of the molecule is C=C/C=C(\C=C/C)C1=NC(CO)CO1.CC1C=CC=CC1. The minimum Gasteiger partial charge on any atom is -0.475 e. The van der Waals surface area contributed by atoms with Gasteiger partial charge in [-0.15, -0.1) is 0 Å². The Hall–Kier alpha value is -1.87. The molecule has 0 saturated carbocycles. The van der Waals surface area contributed by atoms with E-state index in [2.05, 4.69) is 42.8 Å². The first-order chi connectivity index (χ1) is 10.2. The van der Waals surface area contributed by atoms with Gasteiger partial charge in [0.2, 0.25) is 5.90 Å². The van der Waals surface area contributed by atoms with E-state index in [0.717, 1.165) is 11.5 Å². The van der Waals surface area contributed by atoms with Crippen molar-refractivity contribution in [3.63, 3.8) is 0 Å². The van der Waals surface area contributed by atoms with E-state index in [-0.39, 0.29) is 12.6 Å². The third-order valence-electron chi connectivity index (χ3n) is 3.01. The third kappa shape index (κ3) is 6.41. The number of rotatable bonds is 4. The maximum Gasteiger partial charge on any atom is 0.216 e. The molecule has 1 aliphatic heterocycles. The molecule has 21 heavy (non-hydrogen) atoms. The summed E-state index contributed by atoms with van der Waals surface area (Å²) in [6, 6.07) is -0.122. The predicted octanol–water partition coefficient (Wildman–Crippen LogP) is 3.60. The molecule has 114 valence electrons. The van der Waals surface area contributed by atoms with E-state index < -0.39 is 0 Å². The van der Waals surface area contributed by atoms with Crippen LogP contribution in [0, 0.1) is 5.92 Å². The monoisotopic (exact) mass is 287 g/mol. The van der Waals surface area contributed by atoms with Crippen LogP contribution in [0.5, 0.6) is 0 Å². The van der Waals surface area contributed by atoms with Gasteiger partial charge in [0, 0.05) is 5.57 Å². The van der Waals surface area contributed by atoms with E-state index >= 15 is 0 Å². The Kier molecular flexibility index (Phi) is 8.14. The summed E-state index contributed by atoms with van der Waals surface area (Å²) in [7, 11) is 0. The van der Waals surface area contributed by atoms with Gasteiger partial charge in [-0.3, -0.25) is 0 Å². The fraction of sp³-hybridized carbons (Fsp3) is 0.389. The second kappa shape index (κ2) is 9.94. The van der Waals surface area contributed by atoms with Gasteiger partial charge in [-0.05, 0) is 19.3 Å². The van der Waals surface area contributed by atoms with Crippen molar-refractivity contribution in [2.75, 3.05) is 13.2 Å². The van der Waals surface area contributed by atoms with Crippen molar-refractivity contribution in [2.45, 2.75) is 26.3 Å². The molecule has 1 aliphatic carbocycles. The van der Waals surface area contributed by atoms with Gasteiger partial charge in [0.1, 0.15) is 12.6 Å². The van der Waals surface area contributed by atoms with Crippen LogP contribution in [0.25, 0.3) is 0 Å². The molecular formula is C18H25NO2. The summed E-state index contributed by atoms with van der Waals surface area (Å²) >= 11 is 0. The minimum atomic E-state index is -0.122. The zero-order valence-corrected chi connectivity index (χ0v) is 12.9. The number of hydrogen-bond donors (Lipinski definition) is 1. The molecule has 2 rings (SSSR count). The molecule has 2 atom stereocenters. The number of hydrogen-bond acceptors (Lipinski definition) is 3. The van der Waals surface area contributed by atoms with Gasteiger partial charge in [0.15, 0.2) is 0 Å². The normalized spacial score (nSPS) is 24.3. The molecule has 0 aromatic heterocycles. The summed E-state index contributed by atoms with van der Waals surface area (Å²) in [5, 5.41) is 8.88. The molecule has 0 amide bonds. The molecule has 3 heteroatoms. The quantitative estimate of drug-likeness (QED) is 0.803. The number of allylic oxidation sites excluding steroid dienone is 7. The van der Waals surface area contributed by atoms with E-state index in [9.17, 15) is 0 Å². The molecule has 0 aromatic carbocycles. The summed E-state index contributed by atoms with van der Waals surface area (Å²) in [4.78, 5) is 4.22. The van der Waals surface area contributed by atoms with Gasteiger partial charge < -0.3 is 9.84 Å². The molecule has 1 heterocycles. The van der Waals surface area contributed by atoms with Gasteiger partial charge in [-0.2, -0.15) is 0 Å². The molecule has 3 nitrogen and oxygen atoms in total. The first kappa shape index (κ1) is 17.2. The van der Waals surface area contributed by atoms with Gasteiger partial charge in [-0.25, -0.2) is 4.99 Å². The highest BCUT2D eigenvalue weighted by Crippen LogP contribution is 2.12. The van der Waals surface area contributed by atoms with Gasteiger partial charge in [0.25, 0.3) is 0 Å². The average Bonchev–Trinajstić information content (AvgIpc) is 2.97. The summed E-state index contributed by atoms with van der Waals surface area (Å²) in [6.07, 6.45) is 17.2. The lowest BCUT2D eigenvalue weighted by Gasteiger charge is -2.02. The lowest BCUT2D eigenvalue weighted by molar-refractivity contribution is 0.227. The minimum absolute atomic E-state index is 0.0285. The van der Waals surface area contributed by atoms with Crippen molar-refractivity contribution in [2.24, 2.45) is 10.9 Å². The Morgan fingerprint density at radius 2 is 2.33 bits per heavy atom. The highest BCUT2D eigenvalue weighted by atomic mass is 16.5. The van der Waals surface area contributed by atoms with Gasteiger partial charge in [0.05, 0.1) is 6.61 Å². The third-order valence-corrected chi connectivity index (χ3v) is 3.01. The van der Waals surface area contributed by atoms with E-state index in [4.69, 9.17) is 9.84 Å². The first-order valence-electron chi connectivity index (χ1n) is 7.31. The van der Waals surface area contributed by atoms with E-state index in [1.54, 1.807) is 6.08 Å². The molecule has 0 aromatic rings. The largest absolute Gasteiger partial charge is 0.475 e. The first-order valence-corrected chi connectivity index (χ1v) is 7.31. The number of aliphatic imine (C=N–C) groups is 1. The van der Waals surface area contributed by atoms with Crippen LogP contribution >= 0.6 is 0 Å². The topological polar surface area (TPSA) is 41.8 Å².